The van der Waals surface area contributed by atoms with Gasteiger partial charge in [0.15, 0.2) is 0 Å². The highest BCUT2D eigenvalue weighted by Gasteiger charge is 2.25. The molecule has 1 fully saturated rings. The molecule has 1 saturated carbocycles. The van der Waals surface area contributed by atoms with Crippen molar-refractivity contribution in [2.75, 3.05) is 28.2 Å². The lowest BCUT2D eigenvalue weighted by Crippen LogP contribution is -2.28. The molecule has 0 N–H and O–H groups in total. The molecule has 0 heterocycles. The average Bonchev–Trinajstić information content (AvgIpc) is 3.20. The normalized spacial score (nSPS) is 13.8. The Morgan fingerprint density at radius 2 is 1.55 bits per heavy atom. The third-order valence-corrected chi connectivity index (χ3v) is 3.09. The van der Waals surface area contributed by atoms with Gasteiger partial charge in [-0.25, -0.2) is 0 Å². The third-order valence-electron chi connectivity index (χ3n) is 3.09. The first-order valence-corrected chi connectivity index (χ1v) is 6.64. The monoisotopic (exact) mass is 276 g/mol. The summed E-state index contributed by atoms with van der Waals surface area (Å²) >= 11 is 0. The molecule has 0 saturated heterocycles. The summed E-state index contributed by atoms with van der Waals surface area (Å²) in [6, 6.07) is 5.08. The average molecular weight is 276 g/mol. The highest BCUT2D eigenvalue weighted by Crippen LogP contribution is 2.28. The Bertz CT molecular complexity index is 534. The molecule has 0 unspecified atom stereocenters. The molecule has 1 aliphatic carbocycles. The van der Waals surface area contributed by atoms with Gasteiger partial charge in [0.2, 0.25) is 0 Å². The van der Waals surface area contributed by atoms with Crippen LogP contribution in [0.5, 0.6) is 5.75 Å². The summed E-state index contributed by atoms with van der Waals surface area (Å²) in [4.78, 5) is 27.3. The SMILES string of the molecule is CN(C)C(=O)c1ccc(OC2CC2)cc1C(=O)N(C)C. The highest BCUT2D eigenvalue weighted by molar-refractivity contribution is 6.07. The predicted molar refractivity (Wildman–Crippen MR) is 76.1 cm³/mol. The molecule has 0 aliphatic heterocycles. The zero-order valence-corrected chi connectivity index (χ0v) is 12.3. The van der Waals surface area contributed by atoms with E-state index >= 15 is 0 Å². The number of carbonyl (C=O) groups is 2. The Kier molecular flexibility index (Phi) is 3.97. The van der Waals surface area contributed by atoms with Crippen LogP contribution in [-0.4, -0.2) is 55.9 Å². The van der Waals surface area contributed by atoms with Crippen LogP contribution in [0.1, 0.15) is 33.6 Å². The number of nitrogens with zero attached hydrogens (tertiary/aromatic N) is 2. The van der Waals surface area contributed by atoms with Crippen LogP contribution in [0.4, 0.5) is 0 Å². The third kappa shape index (κ3) is 3.10. The molecule has 5 nitrogen and oxygen atoms in total. The van der Waals surface area contributed by atoms with E-state index in [-0.39, 0.29) is 17.9 Å². The molecule has 1 aromatic rings. The van der Waals surface area contributed by atoms with Gasteiger partial charge in [0.1, 0.15) is 5.75 Å². The highest BCUT2D eigenvalue weighted by atomic mass is 16.5. The zero-order chi connectivity index (χ0) is 14.9. The Morgan fingerprint density at radius 3 is 2.05 bits per heavy atom. The van der Waals surface area contributed by atoms with E-state index in [4.69, 9.17) is 4.74 Å². The van der Waals surface area contributed by atoms with Gasteiger partial charge < -0.3 is 14.5 Å². The van der Waals surface area contributed by atoms with Crippen molar-refractivity contribution >= 4 is 11.8 Å². The van der Waals surface area contributed by atoms with E-state index < -0.39 is 0 Å². The van der Waals surface area contributed by atoms with E-state index in [1.807, 2.05) is 0 Å². The number of carbonyl (C=O) groups excluding carboxylic acids is 2. The summed E-state index contributed by atoms with van der Waals surface area (Å²) in [5.41, 5.74) is 0.781. The van der Waals surface area contributed by atoms with Crippen LogP contribution < -0.4 is 4.74 Å². The second kappa shape index (κ2) is 5.53. The van der Waals surface area contributed by atoms with Crippen molar-refractivity contribution in [1.29, 1.82) is 0 Å². The second-order valence-electron chi connectivity index (χ2n) is 5.42. The summed E-state index contributed by atoms with van der Waals surface area (Å²) in [6.45, 7) is 0. The van der Waals surface area contributed by atoms with Gasteiger partial charge in [0.05, 0.1) is 17.2 Å². The molecule has 0 atom stereocenters. The summed E-state index contributed by atoms with van der Waals surface area (Å²) in [7, 11) is 6.67. The number of hydrogen-bond donors (Lipinski definition) is 0. The summed E-state index contributed by atoms with van der Waals surface area (Å²) in [6.07, 6.45) is 2.36. The number of rotatable bonds is 4. The van der Waals surface area contributed by atoms with Crippen molar-refractivity contribution in [3.8, 4) is 5.75 Å². The van der Waals surface area contributed by atoms with Gasteiger partial charge in [-0.2, -0.15) is 0 Å². The lowest BCUT2D eigenvalue weighted by molar-refractivity contribution is 0.0790. The Morgan fingerprint density at radius 1 is 1.00 bits per heavy atom. The van der Waals surface area contributed by atoms with Crippen LogP contribution in [0, 0.1) is 0 Å². The van der Waals surface area contributed by atoms with Crippen LogP contribution in [0.2, 0.25) is 0 Å². The topological polar surface area (TPSA) is 49.9 Å². The van der Waals surface area contributed by atoms with E-state index in [0.29, 0.717) is 16.9 Å². The molecule has 1 aromatic carbocycles. The zero-order valence-electron chi connectivity index (χ0n) is 12.3. The minimum absolute atomic E-state index is 0.187. The van der Waals surface area contributed by atoms with E-state index in [9.17, 15) is 9.59 Å². The van der Waals surface area contributed by atoms with Crippen molar-refractivity contribution in [3.63, 3.8) is 0 Å². The summed E-state index contributed by atoms with van der Waals surface area (Å²) in [5.74, 6) is 0.262. The molecule has 20 heavy (non-hydrogen) atoms. The molecule has 0 spiro atoms. The lowest BCUT2D eigenvalue weighted by Gasteiger charge is -2.17. The number of ether oxygens (including phenoxy) is 1. The van der Waals surface area contributed by atoms with Crippen LogP contribution in [-0.2, 0) is 0 Å². The molecule has 108 valence electrons. The summed E-state index contributed by atoms with van der Waals surface area (Å²) in [5, 5.41) is 0. The molecular weight excluding hydrogens is 256 g/mol. The van der Waals surface area contributed by atoms with E-state index in [1.54, 1.807) is 46.4 Å². The smallest absolute Gasteiger partial charge is 0.254 e. The molecule has 0 bridgehead atoms. The van der Waals surface area contributed by atoms with Gasteiger partial charge in [-0.05, 0) is 31.0 Å². The maximum atomic E-state index is 12.2. The van der Waals surface area contributed by atoms with Crippen LogP contribution in [0.25, 0.3) is 0 Å². The largest absolute Gasteiger partial charge is 0.490 e. The maximum Gasteiger partial charge on any atom is 0.254 e. The van der Waals surface area contributed by atoms with E-state index in [2.05, 4.69) is 0 Å². The van der Waals surface area contributed by atoms with Crippen molar-refractivity contribution < 1.29 is 14.3 Å². The lowest BCUT2D eigenvalue weighted by atomic mass is 10.0. The number of hydrogen-bond acceptors (Lipinski definition) is 3. The van der Waals surface area contributed by atoms with Crippen molar-refractivity contribution in [1.82, 2.24) is 9.80 Å². The molecule has 5 heteroatoms. The van der Waals surface area contributed by atoms with Gasteiger partial charge in [0, 0.05) is 28.2 Å². The number of amides is 2. The molecule has 0 aromatic heterocycles. The fourth-order valence-electron chi connectivity index (χ4n) is 1.82. The second-order valence-corrected chi connectivity index (χ2v) is 5.42. The fraction of sp³-hybridized carbons (Fsp3) is 0.467. The van der Waals surface area contributed by atoms with Gasteiger partial charge >= 0.3 is 0 Å². The van der Waals surface area contributed by atoms with Gasteiger partial charge in [-0.1, -0.05) is 0 Å². The molecule has 2 rings (SSSR count). The first kappa shape index (κ1) is 14.4. The summed E-state index contributed by atoms with van der Waals surface area (Å²) < 4.78 is 5.70. The molecule has 2 amide bonds. The Labute approximate surface area is 119 Å². The Balaban J connectivity index is 2.39. The first-order valence-electron chi connectivity index (χ1n) is 6.64. The number of benzene rings is 1. The van der Waals surface area contributed by atoms with E-state index in [0.717, 1.165) is 12.8 Å². The van der Waals surface area contributed by atoms with E-state index in [1.165, 1.54) is 9.80 Å². The molecule has 0 radical (unpaired) electrons. The Hall–Kier alpha value is -2.04. The minimum atomic E-state index is -0.198. The van der Waals surface area contributed by atoms with Gasteiger partial charge in [0.25, 0.3) is 11.8 Å². The standard InChI is InChI=1S/C15H20N2O3/c1-16(2)14(18)12-8-7-11(20-10-5-6-10)9-13(12)15(19)17(3)4/h7-10H,5-6H2,1-4H3. The van der Waals surface area contributed by atoms with Crippen LogP contribution in [0.3, 0.4) is 0 Å². The van der Waals surface area contributed by atoms with Gasteiger partial charge in [-0.15, -0.1) is 0 Å². The van der Waals surface area contributed by atoms with Crippen molar-refractivity contribution in [2.24, 2.45) is 0 Å². The fourth-order valence-corrected chi connectivity index (χ4v) is 1.82. The molecule has 1 aliphatic rings. The maximum absolute atomic E-state index is 12.2. The van der Waals surface area contributed by atoms with Crippen LogP contribution >= 0.6 is 0 Å². The quantitative estimate of drug-likeness (QED) is 0.840. The van der Waals surface area contributed by atoms with Crippen molar-refractivity contribution in [3.05, 3.63) is 29.3 Å². The predicted octanol–water partition coefficient (Wildman–Crippen LogP) is 1.63. The minimum Gasteiger partial charge on any atom is -0.490 e. The molecular formula is C15H20N2O3. The van der Waals surface area contributed by atoms with Gasteiger partial charge in [-0.3, -0.25) is 9.59 Å². The first-order chi connectivity index (χ1) is 9.40. The van der Waals surface area contributed by atoms with Crippen LogP contribution in [0.15, 0.2) is 18.2 Å². The van der Waals surface area contributed by atoms with Crippen molar-refractivity contribution in [2.45, 2.75) is 18.9 Å².